The number of carboxylic acids is 2. The molecule has 0 aromatic carbocycles. The minimum absolute atomic E-state index is 0.146. The fourth-order valence-electron chi connectivity index (χ4n) is 3.08. The van der Waals surface area contributed by atoms with Gasteiger partial charge < -0.3 is 15.1 Å². The first kappa shape index (κ1) is 11.9. The molecule has 6 heteroatoms. The summed E-state index contributed by atoms with van der Waals surface area (Å²) in [5.74, 6) is -3.60. The summed E-state index contributed by atoms with van der Waals surface area (Å²) in [6.45, 7) is 0. The largest absolute Gasteiger partial charge is 0.480 e. The van der Waals surface area contributed by atoms with E-state index in [2.05, 4.69) is 0 Å². The van der Waals surface area contributed by atoms with E-state index in [0.29, 0.717) is 12.8 Å². The maximum absolute atomic E-state index is 11.6. The lowest BCUT2D eigenvalue weighted by atomic mass is 9.85. The number of nitrogens with zero attached hydrogens (tertiary/aromatic N) is 1. The van der Waals surface area contributed by atoms with Crippen LogP contribution in [0.3, 0.4) is 0 Å². The van der Waals surface area contributed by atoms with Gasteiger partial charge in [0.1, 0.15) is 6.04 Å². The van der Waals surface area contributed by atoms with Crippen LogP contribution in [-0.2, 0) is 14.4 Å². The zero-order valence-corrected chi connectivity index (χ0v) is 9.33. The van der Waals surface area contributed by atoms with E-state index in [0.717, 1.165) is 24.2 Å². The molecule has 1 aliphatic heterocycles. The number of hydrogen-bond acceptors (Lipinski definition) is 3. The van der Waals surface area contributed by atoms with Crippen LogP contribution in [0.25, 0.3) is 0 Å². The van der Waals surface area contributed by atoms with Gasteiger partial charge in [-0.05, 0) is 25.2 Å². The van der Waals surface area contributed by atoms with E-state index in [1.165, 1.54) is 0 Å². The minimum atomic E-state index is -1.57. The third-order valence-electron chi connectivity index (χ3n) is 3.79. The summed E-state index contributed by atoms with van der Waals surface area (Å²) in [6, 6.07) is -1.17. The Morgan fingerprint density at radius 1 is 1.06 bits per heavy atom. The van der Waals surface area contributed by atoms with Gasteiger partial charge in [-0.2, -0.15) is 0 Å². The Kier molecular flexibility index (Phi) is 3.04. The van der Waals surface area contributed by atoms with E-state index >= 15 is 0 Å². The highest BCUT2D eigenvalue weighted by atomic mass is 16.4. The lowest BCUT2D eigenvalue weighted by Gasteiger charge is -2.31. The van der Waals surface area contributed by atoms with E-state index in [9.17, 15) is 14.4 Å². The molecule has 3 atom stereocenters. The summed E-state index contributed by atoms with van der Waals surface area (Å²) in [6.07, 6.45) is 3.95. The highest BCUT2D eigenvalue weighted by Gasteiger charge is 2.48. The van der Waals surface area contributed by atoms with Crippen LogP contribution in [0.1, 0.15) is 32.1 Å². The molecular weight excluding hydrogens is 226 g/mol. The SMILES string of the molecule is O=C(O)C(=O)N1[C@@H]2CCCC[C@H]2C[C@H]1C(=O)O. The zero-order valence-electron chi connectivity index (χ0n) is 9.33. The number of carbonyl (C=O) groups is 3. The van der Waals surface area contributed by atoms with Crippen LogP contribution in [0, 0.1) is 5.92 Å². The average molecular weight is 241 g/mol. The van der Waals surface area contributed by atoms with Gasteiger partial charge in [0.15, 0.2) is 0 Å². The van der Waals surface area contributed by atoms with Gasteiger partial charge in [-0.1, -0.05) is 12.8 Å². The quantitative estimate of drug-likeness (QED) is 0.644. The summed E-state index contributed by atoms with van der Waals surface area (Å²) in [5.41, 5.74) is 0. The molecule has 0 spiro atoms. The van der Waals surface area contributed by atoms with Gasteiger partial charge in [0, 0.05) is 6.04 Å². The Morgan fingerprint density at radius 2 is 1.71 bits per heavy atom. The van der Waals surface area contributed by atoms with Gasteiger partial charge in [-0.25, -0.2) is 9.59 Å². The number of rotatable bonds is 1. The number of hydrogen-bond donors (Lipinski definition) is 2. The Bertz CT molecular complexity index is 367. The average Bonchev–Trinajstić information content (AvgIpc) is 2.67. The first-order chi connectivity index (χ1) is 8.02. The molecule has 1 heterocycles. The Morgan fingerprint density at radius 3 is 2.29 bits per heavy atom. The van der Waals surface area contributed by atoms with Crippen LogP contribution in [-0.4, -0.2) is 45.0 Å². The van der Waals surface area contributed by atoms with Crippen molar-refractivity contribution in [3.63, 3.8) is 0 Å². The lowest BCUT2D eigenvalue weighted by Crippen LogP contribution is -2.48. The molecule has 0 bridgehead atoms. The van der Waals surface area contributed by atoms with Crippen LogP contribution in [0.2, 0.25) is 0 Å². The second-order valence-electron chi connectivity index (χ2n) is 4.72. The summed E-state index contributed by atoms with van der Waals surface area (Å²) >= 11 is 0. The molecular formula is C11H15NO5. The number of aliphatic carboxylic acids is 2. The van der Waals surface area contributed by atoms with Crippen molar-refractivity contribution in [1.82, 2.24) is 4.90 Å². The summed E-state index contributed by atoms with van der Waals surface area (Å²) < 4.78 is 0. The number of amides is 1. The van der Waals surface area contributed by atoms with E-state index < -0.39 is 23.9 Å². The molecule has 2 rings (SSSR count). The molecule has 94 valence electrons. The van der Waals surface area contributed by atoms with Crippen molar-refractivity contribution in [2.75, 3.05) is 0 Å². The fourth-order valence-corrected chi connectivity index (χ4v) is 3.08. The molecule has 0 unspecified atom stereocenters. The molecule has 17 heavy (non-hydrogen) atoms. The second kappa shape index (κ2) is 4.35. The van der Waals surface area contributed by atoms with Gasteiger partial charge in [0.25, 0.3) is 0 Å². The Labute approximate surface area is 98.2 Å². The zero-order chi connectivity index (χ0) is 12.6. The van der Waals surface area contributed by atoms with Gasteiger partial charge in [0.2, 0.25) is 0 Å². The predicted molar refractivity (Wildman–Crippen MR) is 56.3 cm³/mol. The Hall–Kier alpha value is -1.59. The minimum Gasteiger partial charge on any atom is -0.480 e. The molecule has 1 aliphatic carbocycles. The van der Waals surface area contributed by atoms with Crippen molar-refractivity contribution in [2.24, 2.45) is 5.92 Å². The van der Waals surface area contributed by atoms with Crippen molar-refractivity contribution in [3.05, 3.63) is 0 Å². The van der Waals surface area contributed by atoms with E-state index in [4.69, 9.17) is 10.2 Å². The van der Waals surface area contributed by atoms with Crippen LogP contribution in [0.4, 0.5) is 0 Å². The van der Waals surface area contributed by atoms with Crippen molar-refractivity contribution in [3.8, 4) is 0 Å². The maximum atomic E-state index is 11.6. The van der Waals surface area contributed by atoms with Gasteiger partial charge in [0.05, 0.1) is 0 Å². The summed E-state index contributed by atoms with van der Waals surface area (Å²) in [5, 5.41) is 17.8. The first-order valence-corrected chi connectivity index (χ1v) is 5.80. The maximum Gasteiger partial charge on any atom is 0.394 e. The van der Waals surface area contributed by atoms with Crippen molar-refractivity contribution in [2.45, 2.75) is 44.2 Å². The van der Waals surface area contributed by atoms with E-state index in [1.54, 1.807) is 0 Å². The van der Waals surface area contributed by atoms with Crippen molar-refractivity contribution >= 4 is 17.8 Å². The number of carboxylic acid groups (broad SMARTS) is 2. The van der Waals surface area contributed by atoms with E-state index in [-0.39, 0.29) is 12.0 Å². The smallest absolute Gasteiger partial charge is 0.394 e. The second-order valence-corrected chi connectivity index (χ2v) is 4.72. The van der Waals surface area contributed by atoms with Gasteiger partial charge in [-0.3, -0.25) is 4.79 Å². The highest BCUT2D eigenvalue weighted by Crippen LogP contribution is 2.39. The molecule has 2 fully saturated rings. The standard InChI is InChI=1S/C11H15NO5/c13-9(11(16)17)12-7-4-2-1-3-6(7)5-8(12)10(14)15/h6-8H,1-5H2,(H,14,15)(H,16,17)/t6-,7+,8-/m0/s1. The van der Waals surface area contributed by atoms with E-state index in [1.807, 2.05) is 0 Å². The molecule has 1 amide bonds. The third kappa shape index (κ3) is 1.99. The monoisotopic (exact) mass is 241 g/mol. The molecule has 0 aromatic rings. The van der Waals surface area contributed by atoms with Gasteiger partial charge in [-0.15, -0.1) is 0 Å². The molecule has 6 nitrogen and oxygen atoms in total. The van der Waals surface area contributed by atoms with Gasteiger partial charge >= 0.3 is 17.8 Å². The van der Waals surface area contributed by atoms with Crippen LogP contribution in [0.15, 0.2) is 0 Å². The molecule has 1 saturated heterocycles. The number of likely N-dealkylation sites (tertiary alicyclic amines) is 1. The topological polar surface area (TPSA) is 94.9 Å². The number of fused-ring (bicyclic) bond motifs is 1. The third-order valence-corrected chi connectivity index (χ3v) is 3.79. The Balaban J connectivity index is 2.26. The predicted octanol–water partition coefficient (Wildman–Crippen LogP) is 0.315. The van der Waals surface area contributed by atoms with Crippen LogP contribution in [0.5, 0.6) is 0 Å². The van der Waals surface area contributed by atoms with Crippen LogP contribution >= 0.6 is 0 Å². The highest BCUT2D eigenvalue weighted by molar-refractivity contribution is 6.32. The van der Waals surface area contributed by atoms with Crippen molar-refractivity contribution in [1.29, 1.82) is 0 Å². The molecule has 1 saturated carbocycles. The molecule has 0 radical (unpaired) electrons. The fraction of sp³-hybridized carbons (Fsp3) is 0.727. The molecule has 0 aromatic heterocycles. The first-order valence-electron chi connectivity index (χ1n) is 5.80. The molecule has 2 N–H and O–H groups in total. The lowest BCUT2D eigenvalue weighted by molar-refractivity contribution is -0.161. The van der Waals surface area contributed by atoms with Crippen LogP contribution < -0.4 is 0 Å². The summed E-state index contributed by atoms with van der Waals surface area (Å²) in [7, 11) is 0. The van der Waals surface area contributed by atoms with Crippen molar-refractivity contribution < 1.29 is 24.6 Å². The number of carbonyl (C=O) groups excluding carboxylic acids is 1. The molecule has 2 aliphatic rings. The normalized spacial score (nSPS) is 32.0. The summed E-state index contributed by atoms with van der Waals surface area (Å²) in [4.78, 5) is 34.5.